The molecule has 1 amide bonds. The van der Waals surface area contributed by atoms with Crippen molar-refractivity contribution in [1.29, 1.82) is 0 Å². The molecule has 2 aliphatic rings. The van der Waals surface area contributed by atoms with Crippen molar-refractivity contribution in [1.82, 2.24) is 5.32 Å². The van der Waals surface area contributed by atoms with Crippen LogP contribution in [0.5, 0.6) is 11.5 Å². The Balaban J connectivity index is 1.74. The number of rotatable bonds is 5. The van der Waals surface area contributed by atoms with Gasteiger partial charge < -0.3 is 24.7 Å². The van der Waals surface area contributed by atoms with Crippen molar-refractivity contribution >= 4 is 11.9 Å². The highest BCUT2D eigenvalue weighted by atomic mass is 16.7. The van der Waals surface area contributed by atoms with Gasteiger partial charge in [-0.15, -0.1) is 0 Å². The normalized spacial score (nSPS) is 18.4. The van der Waals surface area contributed by atoms with Crippen LogP contribution in [0.1, 0.15) is 50.1 Å². The first-order chi connectivity index (χ1) is 11.1. The van der Waals surface area contributed by atoms with Crippen molar-refractivity contribution in [2.75, 3.05) is 6.79 Å². The van der Waals surface area contributed by atoms with Gasteiger partial charge in [-0.3, -0.25) is 4.79 Å². The Bertz CT molecular complexity index is 595. The second-order valence-electron chi connectivity index (χ2n) is 6.08. The van der Waals surface area contributed by atoms with Gasteiger partial charge in [0, 0.05) is 18.3 Å². The molecular weight excluding hydrogens is 298 g/mol. The van der Waals surface area contributed by atoms with E-state index < -0.39 is 12.0 Å². The first kappa shape index (κ1) is 15.6. The summed E-state index contributed by atoms with van der Waals surface area (Å²) in [6.45, 7) is 0.151. The fraction of sp³-hybridized carbons (Fsp3) is 0.529. The van der Waals surface area contributed by atoms with E-state index in [1.54, 1.807) is 18.2 Å². The minimum atomic E-state index is -1.20. The summed E-state index contributed by atoms with van der Waals surface area (Å²) < 4.78 is 10.6. The number of hydrogen-bond donors (Lipinski definition) is 1. The van der Waals surface area contributed by atoms with Gasteiger partial charge in [0.15, 0.2) is 11.5 Å². The highest BCUT2D eigenvalue weighted by Gasteiger charge is 2.25. The predicted octanol–water partition coefficient (Wildman–Crippen LogP) is 1.29. The molecule has 0 spiro atoms. The van der Waals surface area contributed by atoms with Crippen LogP contribution in [0, 0.1) is 5.92 Å². The van der Waals surface area contributed by atoms with Gasteiger partial charge in [0.2, 0.25) is 12.7 Å². The highest BCUT2D eigenvalue weighted by molar-refractivity contribution is 5.80. The van der Waals surface area contributed by atoms with E-state index in [9.17, 15) is 14.7 Å². The first-order valence-corrected chi connectivity index (χ1v) is 8.03. The molecule has 1 heterocycles. The van der Waals surface area contributed by atoms with E-state index in [4.69, 9.17) is 9.47 Å². The average Bonchev–Trinajstić information content (AvgIpc) is 3.02. The molecule has 0 radical (unpaired) electrons. The van der Waals surface area contributed by atoms with E-state index >= 15 is 0 Å². The number of nitrogens with one attached hydrogen (secondary N) is 1. The standard InChI is InChI=1S/C17H21NO5/c19-16(20)9-13(18-17(21)11-4-2-1-3-5-11)12-6-7-14-15(8-12)23-10-22-14/h6-8,11,13H,1-5,9-10H2,(H,18,21)(H,19,20)/p-1/t13-/m1/s1. The zero-order valence-electron chi connectivity index (χ0n) is 12.9. The van der Waals surface area contributed by atoms with E-state index in [0.29, 0.717) is 17.1 Å². The van der Waals surface area contributed by atoms with Crippen molar-refractivity contribution in [2.45, 2.75) is 44.6 Å². The summed E-state index contributed by atoms with van der Waals surface area (Å²) in [4.78, 5) is 23.5. The molecule has 1 fully saturated rings. The van der Waals surface area contributed by atoms with Crippen LogP contribution >= 0.6 is 0 Å². The van der Waals surface area contributed by atoms with Gasteiger partial charge in [0.25, 0.3) is 0 Å². The summed E-state index contributed by atoms with van der Waals surface area (Å²) >= 11 is 0. The number of fused-ring (bicyclic) bond motifs is 1. The zero-order valence-corrected chi connectivity index (χ0v) is 12.9. The maximum Gasteiger partial charge on any atom is 0.231 e. The van der Waals surface area contributed by atoms with Gasteiger partial charge in [0.05, 0.1) is 6.04 Å². The number of hydrogen-bond acceptors (Lipinski definition) is 5. The molecule has 1 saturated carbocycles. The first-order valence-electron chi connectivity index (χ1n) is 8.03. The van der Waals surface area contributed by atoms with Crippen molar-refractivity contribution in [3.05, 3.63) is 23.8 Å². The summed E-state index contributed by atoms with van der Waals surface area (Å²) in [5.74, 6) is -0.107. The average molecular weight is 318 g/mol. The molecule has 3 rings (SSSR count). The van der Waals surface area contributed by atoms with E-state index in [0.717, 1.165) is 32.1 Å². The lowest BCUT2D eigenvalue weighted by Crippen LogP contribution is -2.38. The van der Waals surface area contributed by atoms with Crippen LogP contribution in [0.3, 0.4) is 0 Å². The Hall–Kier alpha value is -2.24. The van der Waals surface area contributed by atoms with Gasteiger partial charge >= 0.3 is 0 Å². The summed E-state index contributed by atoms with van der Waals surface area (Å²) in [5.41, 5.74) is 0.683. The Labute approximate surface area is 134 Å². The maximum absolute atomic E-state index is 12.4. The van der Waals surface area contributed by atoms with E-state index in [2.05, 4.69) is 5.32 Å². The Morgan fingerprint density at radius 2 is 1.91 bits per heavy atom. The quantitative estimate of drug-likeness (QED) is 0.884. The Morgan fingerprint density at radius 1 is 1.17 bits per heavy atom. The molecule has 6 nitrogen and oxygen atoms in total. The van der Waals surface area contributed by atoms with E-state index in [1.807, 2.05) is 0 Å². The number of carboxylic acids is 1. The van der Waals surface area contributed by atoms with Crippen LogP contribution in [-0.4, -0.2) is 18.7 Å². The molecule has 0 saturated heterocycles. The Morgan fingerprint density at radius 3 is 2.65 bits per heavy atom. The molecular formula is C17H20NO5-. The third-order valence-electron chi connectivity index (χ3n) is 4.46. The third-order valence-corrected chi connectivity index (χ3v) is 4.46. The van der Waals surface area contributed by atoms with Crippen molar-refractivity contribution in [3.63, 3.8) is 0 Å². The van der Waals surface area contributed by atoms with E-state index in [1.165, 1.54) is 0 Å². The summed E-state index contributed by atoms with van der Waals surface area (Å²) in [6.07, 6.45) is 4.73. The molecule has 6 heteroatoms. The largest absolute Gasteiger partial charge is 0.550 e. The summed E-state index contributed by atoms with van der Waals surface area (Å²) in [5, 5.41) is 13.9. The molecule has 0 unspecified atom stereocenters. The number of carbonyl (C=O) groups excluding carboxylic acids is 2. The molecule has 1 N–H and O–H groups in total. The second-order valence-corrected chi connectivity index (χ2v) is 6.08. The van der Waals surface area contributed by atoms with Crippen molar-refractivity contribution in [2.24, 2.45) is 5.92 Å². The van der Waals surface area contributed by atoms with Gasteiger partial charge in [-0.25, -0.2) is 0 Å². The van der Waals surface area contributed by atoms with Gasteiger partial charge in [-0.05, 0) is 30.5 Å². The number of carboxylic acid groups (broad SMARTS) is 1. The molecule has 1 aliphatic heterocycles. The Kier molecular flexibility index (Phi) is 4.69. The van der Waals surface area contributed by atoms with E-state index in [-0.39, 0.29) is 25.0 Å². The van der Waals surface area contributed by atoms with Gasteiger partial charge in [-0.2, -0.15) is 0 Å². The highest BCUT2D eigenvalue weighted by Crippen LogP contribution is 2.35. The summed E-state index contributed by atoms with van der Waals surface area (Å²) in [6, 6.07) is 4.58. The number of carbonyl (C=O) groups is 2. The zero-order chi connectivity index (χ0) is 16.2. The lowest BCUT2D eigenvalue weighted by Gasteiger charge is -2.25. The second kappa shape index (κ2) is 6.89. The van der Waals surface area contributed by atoms with Crippen molar-refractivity contribution < 1.29 is 24.2 Å². The van der Waals surface area contributed by atoms with Gasteiger partial charge in [0.1, 0.15) is 0 Å². The molecule has 1 aromatic carbocycles. The fourth-order valence-corrected chi connectivity index (χ4v) is 3.20. The molecule has 124 valence electrons. The maximum atomic E-state index is 12.4. The lowest BCUT2D eigenvalue weighted by molar-refractivity contribution is -0.306. The predicted molar refractivity (Wildman–Crippen MR) is 79.6 cm³/mol. The van der Waals surface area contributed by atoms with Gasteiger partial charge in [-0.1, -0.05) is 25.3 Å². The van der Waals surface area contributed by atoms with Crippen LogP contribution < -0.4 is 19.9 Å². The van der Waals surface area contributed by atoms with Crippen molar-refractivity contribution in [3.8, 4) is 11.5 Å². The molecule has 0 aromatic heterocycles. The van der Waals surface area contributed by atoms with Crippen LogP contribution in [0.2, 0.25) is 0 Å². The minimum absolute atomic E-state index is 0.0259. The fourth-order valence-electron chi connectivity index (χ4n) is 3.20. The molecule has 1 aromatic rings. The van der Waals surface area contributed by atoms with Crippen LogP contribution in [0.15, 0.2) is 18.2 Å². The SMILES string of the molecule is O=C([O-])C[C@@H](NC(=O)C1CCCCC1)c1ccc2c(c1)OCO2. The monoisotopic (exact) mass is 318 g/mol. The third kappa shape index (κ3) is 3.75. The topological polar surface area (TPSA) is 87.7 Å². The molecule has 1 aliphatic carbocycles. The smallest absolute Gasteiger partial charge is 0.231 e. The van der Waals surface area contributed by atoms with Crippen LogP contribution in [0.25, 0.3) is 0 Å². The van der Waals surface area contributed by atoms with Crippen LogP contribution in [-0.2, 0) is 9.59 Å². The summed E-state index contributed by atoms with van der Waals surface area (Å²) in [7, 11) is 0. The molecule has 23 heavy (non-hydrogen) atoms. The minimum Gasteiger partial charge on any atom is -0.550 e. The number of amides is 1. The molecule has 0 bridgehead atoms. The number of aliphatic carboxylic acids is 1. The number of benzene rings is 1. The molecule has 1 atom stereocenters. The number of ether oxygens (including phenoxy) is 2. The lowest BCUT2D eigenvalue weighted by atomic mass is 9.88. The van der Waals surface area contributed by atoms with Crippen LogP contribution in [0.4, 0.5) is 0 Å².